The Bertz CT molecular complexity index is 391. The first-order valence-corrected chi connectivity index (χ1v) is 7.36. The minimum absolute atomic E-state index is 0.0384. The fourth-order valence-corrected chi connectivity index (χ4v) is 2.94. The second-order valence-corrected chi connectivity index (χ2v) is 5.73. The Morgan fingerprint density at radius 1 is 1.25 bits per heavy atom. The Balaban J connectivity index is 1.70. The highest BCUT2D eigenvalue weighted by atomic mass is 16.4. The Morgan fingerprint density at radius 2 is 1.95 bits per heavy atom. The zero-order chi connectivity index (χ0) is 14.5. The number of nitrogens with zero attached hydrogens (tertiary/aromatic N) is 1. The lowest BCUT2D eigenvalue weighted by molar-refractivity contribution is -0.141. The average Bonchev–Trinajstić information content (AvgIpc) is 2.79. The quantitative estimate of drug-likeness (QED) is 0.779. The molecule has 1 heterocycles. The number of hydrogen-bond donors (Lipinski definition) is 2. The van der Waals surface area contributed by atoms with E-state index >= 15 is 0 Å². The zero-order valence-electron chi connectivity index (χ0n) is 11.6. The van der Waals surface area contributed by atoms with Gasteiger partial charge >= 0.3 is 5.97 Å². The Labute approximate surface area is 118 Å². The van der Waals surface area contributed by atoms with Crippen LogP contribution in [0.4, 0.5) is 0 Å². The number of carboxylic acids is 1. The number of amides is 2. The van der Waals surface area contributed by atoms with Gasteiger partial charge in [0.2, 0.25) is 11.8 Å². The molecule has 2 amide bonds. The summed E-state index contributed by atoms with van der Waals surface area (Å²) in [6.07, 6.45) is 5.95. The van der Waals surface area contributed by atoms with Crippen molar-refractivity contribution in [2.24, 2.45) is 5.92 Å². The van der Waals surface area contributed by atoms with Gasteiger partial charge in [0.15, 0.2) is 0 Å². The molecule has 0 aromatic rings. The highest BCUT2D eigenvalue weighted by Gasteiger charge is 2.34. The Kier molecular flexibility index (Phi) is 4.98. The summed E-state index contributed by atoms with van der Waals surface area (Å²) in [7, 11) is 0. The van der Waals surface area contributed by atoms with E-state index in [1.807, 2.05) is 0 Å². The molecule has 1 saturated heterocycles. The van der Waals surface area contributed by atoms with Crippen LogP contribution in [-0.4, -0.2) is 46.9 Å². The van der Waals surface area contributed by atoms with Crippen LogP contribution in [0.3, 0.4) is 0 Å². The first-order chi connectivity index (χ1) is 9.56. The molecule has 0 spiro atoms. The van der Waals surface area contributed by atoms with Gasteiger partial charge in [0.05, 0.1) is 5.92 Å². The number of carboxylic acid groups (broad SMARTS) is 1. The van der Waals surface area contributed by atoms with E-state index in [9.17, 15) is 14.4 Å². The molecule has 1 aliphatic heterocycles. The lowest BCUT2D eigenvalue weighted by Crippen LogP contribution is -2.38. The van der Waals surface area contributed by atoms with Gasteiger partial charge in [-0.05, 0) is 12.8 Å². The topological polar surface area (TPSA) is 86.7 Å². The van der Waals surface area contributed by atoms with Gasteiger partial charge < -0.3 is 15.3 Å². The van der Waals surface area contributed by atoms with Crippen molar-refractivity contribution in [1.29, 1.82) is 0 Å². The van der Waals surface area contributed by atoms with Gasteiger partial charge in [0, 0.05) is 32.0 Å². The summed E-state index contributed by atoms with van der Waals surface area (Å²) < 4.78 is 0. The number of aliphatic carboxylic acids is 1. The summed E-state index contributed by atoms with van der Waals surface area (Å²) in [6, 6.07) is 0.275. The zero-order valence-corrected chi connectivity index (χ0v) is 11.6. The molecule has 1 aliphatic carbocycles. The number of nitrogens with one attached hydrogen (secondary N) is 1. The lowest BCUT2D eigenvalue weighted by atomic mass is 9.95. The first-order valence-electron chi connectivity index (χ1n) is 7.36. The summed E-state index contributed by atoms with van der Waals surface area (Å²) in [5, 5.41) is 11.9. The van der Waals surface area contributed by atoms with Crippen molar-refractivity contribution in [3.63, 3.8) is 0 Å². The van der Waals surface area contributed by atoms with Crippen molar-refractivity contribution in [3.8, 4) is 0 Å². The number of carbonyl (C=O) groups excluding carboxylic acids is 2. The van der Waals surface area contributed by atoms with Crippen molar-refractivity contribution in [1.82, 2.24) is 10.2 Å². The molecule has 6 heteroatoms. The van der Waals surface area contributed by atoms with Crippen LogP contribution in [0.5, 0.6) is 0 Å². The molecule has 2 N–H and O–H groups in total. The van der Waals surface area contributed by atoms with Crippen molar-refractivity contribution in [2.45, 2.75) is 51.0 Å². The van der Waals surface area contributed by atoms with Gasteiger partial charge in [-0.3, -0.25) is 14.4 Å². The normalized spacial score (nSPS) is 23.9. The van der Waals surface area contributed by atoms with E-state index in [1.165, 1.54) is 11.3 Å². The van der Waals surface area contributed by atoms with Gasteiger partial charge in [0.25, 0.3) is 0 Å². The van der Waals surface area contributed by atoms with Crippen LogP contribution in [-0.2, 0) is 14.4 Å². The van der Waals surface area contributed by atoms with Crippen LogP contribution in [0.25, 0.3) is 0 Å². The third kappa shape index (κ3) is 3.95. The van der Waals surface area contributed by atoms with E-state index < -0.39 is 11.9 Å². The third-order valence-corrected chi connectivity index (χ3v) is 4.14. The van der Waals surface area contributed by atoms with Gasteiger partial charge in [-0.1, -0.05) is 19.3 Å². The molecule has 0 unspecified atom stereocenters. The van der Waals surface area contributed by atoms with Crippen LogP contribution in [0.2, 0.25) is 0 Å². The summed E-state index contributed by atoms with van der Waals surface area (Å²) in [4.78, 5) is 35.8. The number of rotatable bonds is 5. The molecule has 1 saturated carbocycles. The molecule has 0 aromatic heterocycles. The molecule has 2 aliphatic rings. The maximum absolute atomic E-state index is 11.8. The van der Waals surface area contributed by atoms with Crippen LogP contribution in [0.15, 0.2) is 0 Å². The minimum atomic E-state index is -0.937. The van der Waals surface area contributed by atoms with E-state index in [0.29, 0.717) is 6.54 Å². The molecular weight excluding hydrogens is 260 g/mol. The molecule has 0 radical (unpaired) electrons. The van der Waals surface area contributed by atoms with Gasteiger partial charge in [-0.15, -0.1) is 0 Å². The largest absolute Gasteiger partial charge is 0.481 e. The highest BCUT2D eigenvalue weighted by Crippen LogP contribution is 2.19. The second kappa shape index (κ2) is 6.72. The van der Waals surface area contributed by atoms with Crippen molar-refractivity contribution >= 4 is 17.8 Å². The lowest BCUT2D eigenvalue weighted by Gasteiger charge is -2.23. The van der Waals surface area contributed by atoms with E-state index in [4.69, 9.17) is 5.11 Å². The minimum Gasteiger partial charge on any atom is -0.481 e. The number of carbonyl (C=O) groups is 3. The molecule has 0 aromatic carbocycles. The maximum atomic E-state index is 11.8. The van der Waals surface area contributed by atoms with E-state index in [-0.39, 0.29) is 37.2 Å². The van der Waals surface area contributed by atoms with E-state index in [0.717, 1.165) is 25.7 Å². The first kappa shape index (κ1) is 14.8. The summed E-state index contributed by atoms with van der Waals surface area (Å²) >= 11 is 0. The van der Waals surface area contributed by atoms with Gasteiger partial charge in [-0.2, -0.15) is 0 Å². The molecule has 6 nitrogen and oxygen atoms in total. The molecule has 112 valence electrons. The Morgan fingerprint density at radius 3 is 2.55 bits per heavy atom. The van der Waals surface area contributed by atoms with Gasteiger partial charge in [-0.25, -0.2) is 0 Å². The highest BCUT2D eigenvalue weighted by molar-refractivity contribution is 5.86. The molecule has 2 fully saturated rings. The molecular formula is C14H22N2O4. The molecule has 0 bridgehead atoms. The average molecular weight is 282 g/mol. The van der Waals surface area contributed by atoms with Crippen LogP contribution >= 0.6 is 0 Å². The fourth-order valence-electron chi connectivity index (χ4n) is 2.94. The third-order valence-electron chi connectivity index (χ3n) is 4.14. The maximum Gasteiger partial charge on any atom is 0.308 e. The fraction of sp³-hybridized carbons (Fsp3) is 0.786. The monoisotopic (exact) mass is 282 g/mol. The summed E-state index contributed by atoms with van der Waals surface area (Å²) in [5.74, 6) is -1.76. The van der Waals surface area contributed by atoms with Crippen LogP contribution in [0.1, 0.15) is 44.9 Å². The number of hydrogen-bond acceptors (Lipinski definition) is 3. The molecule has 2 rings (SSSR count). The van der Waals surface area contributed by atoms with E-state index in [2.05, 4.69) is 5.32 Å². The summed E-state index contributed by atoms with van der Waals surface area (Å²) in [5.41, 5.74) is 0. The van der Waals surface area contributed by atoms with Crippen molar-refractivity contribution in [2.75, 3.05) is 13.1 Å². The van der Waals surface area contributed by atoms with E-state index in [1.54, 1.807) is 0 Å². The standard InChI is InChI=1S/C14H22N2O4/c17-12(15-11-4-2-1-3-5-11)6-7-16-9-10(14(19)20)8-13(16)18/h10-11H,1-9H2,(H,15,17)(H,19,20)/t10-/m0/s1. The van der Waals surface area contributed by atoms with Crippen LogP contribution in [0, 0.1) is 5.92 Å². The molecule has 1 atom stereocenters. The smallest absolute Gasteiger partial charge is 0.308 e. The molecule has 20 heavy (non-hydrogen) atoms. The van der Waals surface area contributed by atoms with Crippen molar-refractivity contribution in [3.05, 3.63) is 0 Å². The van der Waals surface area contributed by atoms with Gasteiger partial charge in [0.1, 0.15) is 0 Å². The Hall–Kier alpha value is -1.59. The predicted molar refractivity (Wildman–Crippen MR) is 72.0 cm³/mol. The second-order valence-electron chi connectivity index (χ2n) is 5.73. The summed E-state index contributed by atoms with van der Waals surface area (Å²) in [6.45, 7) is 0.548. The number of likely N-dealkylation sites (tertiary alicyclic amines) is 1. The van der Waals surface area contributed by atoms with Crippen molar-refractivity contribution < 1.29 is 19.5 Å². The van der Waals surface area contributed by atoms with Crippen LogP contribution < -0.4 is 5.32 Å². The predicted octanol–water partition coefficient (Wildman–Crippen LogP) is 0.758. The SMILES string of the molecule is O=C(CCN1C[C@@H](C(=O)O)CC1=O)NC1CCCCC1.